The summed E-state index contributed by atoms with van der Waals surface area (Å²) in [6.45, 7) is 6.55. The molecule has 1 amide bonds. The SMILES string of the molecule is CCN1CCN(C(=O)c2cnc(NC)c(Cl)c2)CC1. The van der Waals surface area contributed by atoms with Gasteiger partial charge >= 0.3 is 0 Å². The maximum atomic E-state index is 12.3. The highest BCUT2D eigenvalue weighted by molar-refractivity contribution is 6.33. The lowest BCUT2D eigenvalue weighted by molar-refractivity contribution is 0.0643. The molecule has 2 heterocycles. The van der Waals surface area contributed by atoms with Crippen LogP contribution in [0.5, 0.6) is 0 Å². The molecule has 19 heavy (non-hydrogen) atoms. The average Bonchev–Trinajstić information content (AvgIpc) is 2.46. The normalized spacial score (nSPS) is 16.5. The number of amides is 1. The summed E-state index contributed by atoms with van der Waals surface area (Å²) in [7, 11) is 1.75. The molecule has 6 heteroatoms. The Kier molecular flexibility index (Phi) is 4.61. The van der Waals surface area contributed by atoms with Gasteiger partial charge in [-0.25, -0.2) is 4.98 Å². The molecule has 0 spiro atoms. The van der Waals surface area contributed by atoms with Crippen molar-refractivity contribution in [1.82, 2.24) is 14.8 Å². The molecule has 0 bridgehead atoms. The highest BCUT2D eigenvalue weighted by atomic mass is 35.5. The lowest BCUT2D eigenvalue weighted by Crippen LogP contribution is -2.48. The van der Waals surface area contributed by atoms with Crippen molar-refractivity contribution in [1.29, 1.82) is 0 Å². The molecule has 1 aromatic rings. The number of rotatable bonds is 3. The predicted octanol–water partition coefficient (Wildman–Crippen LogP) is 1.55. The van der Waals surface area contributed by atoms with Crippen molar-refractivity contribution in [3.63, 3.8) is 0 Å². The van der Waals surface area contributed by atoms with Gasteiger partial charge in [0, 0.05) is 39.4 Å². The van der Waals surface area contributed by atoms with E-state index in [-0.39, 0.29) is 5.91 Å². The van der Waals surface area contributed by atoms with E-state index >= 15 is 0 Å². The van der Waals surface area contributed by atoms with E-state index in [1.165, 1.54) is 0 Å². The van der Waals surface area contributed by atoms with Crippen LogP contribution in [0.4, 0.5) is 5.82 Å². The van der Waals surface area contributed by atoms with Crippen molar-refractivity contribution in [3.05, 3.63) is 22.8 Å². The molecule has 0 aliphatic carbocycles. The third-order valence-electron chi connectivity index (χ3n) is 3.43. The Labute approximate surface area is 118 Å². The highest BCUT2D eigenvalue weighted by Crippen LogP contribution is 2.20. The van der Waals surface area contributed by atoms with E-state index in [2.05, 4.69) is 22.1 Å². The maximum absolute atomic E-state index is 12.3. The number of anilines is 1. The Morgan fingerprint density at radius 3 is 2.63 bits per heavy atom. The molecule has 2 rings (SSSR count). The first kappa shape index (κ1) is 14.1. The van der Waals surface area contributed by atoms with Gasteiger partial charge in [0.1, 0.15) is 5.82 Å². The maximum Gasteiger partial charge on any atom is 0.255 e. The Morgan fingerprint density at radius 2 is 2.11 bits per heavy atom. The number of piperazine rings is 1. The number of carbonyl (C=O) groups excluding carboxylic acids is 1. The topological polar surface area (TPSA) is 48.5 Å². The summed E-state index contributed by atoms with van der Waals surface area (Å²) in [5.41, 5.74) is 0.550. The first-order valence-corrected chi connectivity index (χ1v) is 6.88. The number of nitrogens with one attached hydrogen (secondary N) is 1. The van der Waals surface area contributed by atoms with Crippen LogP contribution >= 0.6 is 11.6 Å². The van der Waals surface area contributed by atoms with Crippen LogP contribution in [0.25, 0.3) is 0 Å². The van der Waals surface area contributed by atoms with Crippen LogP contribution in [-0.4, -0.2) is 60.5 Å². The summed E-state index contributed by atoms with van der Waals surface area (Å²) in [6.07, 6.45) is 1.58. The number of hydrogen-bond donors (Lipinski definition) is 1. The first-order chi connectivity index (χ1) is 9.15. The molecule has 0 saturated carbocycles. The van der Waals surface area contributed by atoms with Crippen molar-refractivity contribution < 1.29 is 4.79 Å². The Morgan fingerprint density at radius 1 is 1.42 bits per heavy atom. The van der Waals surface area contributed by atoms with Gasteiger partial charge in [0.05, 0.1) is 10.6 Å². The minimum absolute atomic E-state index is 0.00723. The van der Waals surface area contributed by atoms with Crippen molar-refractivity contribution in [3.8, 4) is 0 Å². The van der Waals surface area contributed by atoms with Gasteiger partial charge in [0.15, 0.2) is 0 Å². The average molecular weight is 283 g/mol. The summed E-state index contributed by atoms with van der Waals surface area (Å²) in [5.74, 6) is 0.599. The van der Waals surface area contributed by atoms with E-state index in [0.717, 1.165) is 32.7 Å². The van der Waals surface area contributed by atoms with E-state index in [9.17, 15) is 4.79 Å². The Bertz CT molecular complexity index is 458. The second kappa shape index (κ2) is 6.21. The number of pyridine rings is 1. The van der Waals surface area contributed by atoms with Crippen LogP contribution in [0.15, 0.2) is 12.3 Å². The smallest absolute Gasteiger partial charge is 0.255 e. The second-order valence-corrected chi connectivity index (χ2v) is 4.94. The van der Waals surface area contributed by atoms with Crippen LogP contribution < -0.4 is 5.32 Å². The zero-order valence-electron chi connectivity index (χ0n) is 11.3. The van der Waals surface area contributed by atoms with Crippen molar-refractivity contribution in [2.75, 3.05) is 45.1 Å². The monoisotopic (exact) mass is 282 g/mol. The standard InChI is InChI=1S/C13H19ClN4O/c1-3-17-4-6-18(7-5-17)13(19)10-8-11(14)12(15-2)16-9-10/h8-9H,3-7H2,1-2H3,(H,15,16). The highest BCUT2D eigenvalue weighted by Gasteiger charge is 2.22. The fourth-order valence-corrected chi connectivity index (χ4v) is 2.45. The number of likely N-dealkylation sites (N-methyl/N-ethyl adjacent to an activating group) is 1. The summed E-state index contributed by atoms with van der Waals surface area (Å²) < 4.78 is 0. The molecule has 0 unspecified atom stereocenters. The molecule has 104 valence electrons. The first-order valence-electron chi connectivity index (χ1n) is 6.50. The summed E-state index contributed by atoms with van der Waals surface area (Å²) in [6, 6.07) is 1.68. The number of hydrogen-bond acceptors (Lipinski definition) is 4. The number of nitrogens with zero attached hydrogens (tertiary/aromatic N) is 3. The van der Waals surface area contributed by atoms with Crippen LogP contribution in [0.1, 0.15) is 17.3 Å². The minimum atomic E-state index is 0.00723. The van der Waals surface area contributed by atoms with Gasteiger partial charge in [-0.2, -0.15) is 0 Å². The second-order valence-electron chi connectivity index (χ2n) is 4.53. The van der Waals surface area contributed by atoms with Gasteiger partial charge in [-0.15, -0.1) is 0 Å². The van der Waals surface area contributed by atoms with Gasteiger partial charge < -0.3 is 15.1 Å². The molecule has 0 radical (unpaired) electrons. The molecule has 1 saturated heterocycles. The summed E-state index contributed by atoms with van der Waals surface area (Å²) in [4.78, 5) is 20.7. The van der Waals surface area contributed by atoms with Crippen molar-refractivity contribution in [2.24, 2.45) is 0 Å². The lowest BCUT2D eigenvalue weighted by Gasteiger charge is -2.34. The number of aromatic nitrogens is 1. The third kappa shape index (κ3) is 3.16. The Balaban J connectivity index is 2.06. The quantitative estimate of drug-likeness (QED) is 0.914. The third-order valence-corrected chi connectivity index (χ3v) is 3.72. The zero-order valence-corrected chi connectivity index (χ0v) is 12.1. The zero-order chi connectivity index (χ0) is 13.8. The molecule has 1 aromatic heterocycles. The van der Waals surface area contributed by atoms with Crippen LogP contribution in [-0.2, 0) is 0 Å². The molecular formula is C13H19ClN4O. The van der Waals surface area contributed by atoms with Crippen LogP contribution in [0, 0.1) is 0 Å². The Hall–Kier alpha value is -1.33. The van der Waals surface area contributed by atoms with Crippen LogP contribution in [0.2, 0.25) is 5.02 Å². The largest absolute Gasteiger partial charge is 0.372 e. The van der Waals surface area contributed by atoms with E-state index < -0.39 is 0 Å². The van der Waals surface area contributed by atoms with E-state index in [1.54, 1.807) is 19.3 Å². The molecule has 0 atom stereocenters. The van der Waals surface area contributed by atoms with E-state index in [1.807, 2.05) is 4.90 Å². The summed E-state index contributed by atoms with van der Waals surface area (Å²) in [5, 5.41) is 3.35. The predicted molar refractivity (Wildman–Crippen MR) is 76.8 cm³/mol. The fourth-order valence-electron chi connectivity index (χ4n) is 2.19. The number of carbonyl (C=O) groups is 1. The van der Waals surface area contributed by atoms with E-state index in [0.29, 0.717) is 16.4 Å². The molecule has 1 N–H and O–H groups in total. The van der Waals surface area contributed by atoms with Gasteiger partial charge in [-0.3, -0.25) is 4.79 Å². The van der Waals surface area contributed by atoms with Crippen molar-refractivity contribution >= 4 is 23.3 Å². The van der Waals surface area contributed by atoms with Gasteiger partial charge in [0.25, 0.3) is 5.91 Å². The molecule has 1 aliphatic heterocycles. The molecule has 0 aromatic carbocycles. The minimum Gasteiger partial charge on any atom is -0.372 e. The number of halogens is 1. The van der Waals surface area contributed by atoms with E-state index in [4.69, 9.17) is 11.6 Å². The van der Waals surface area contributed by atoms with Crippen molar-refractivity contribution in [2.45, 2.75) is 6.92 Å². The lowest BCUT2D eigenvalue weighted by atomic mass is 10.2. The summed E-state index contributed by atoms with van der Waals surface area (Å²) >= 11 is 6.05. The molecular weight excluding hydrogens is 264 g/mol. The molecule has 1 aliphatic rings. The molecule has 5 nitrogen and oxygen atoms in total. The van der Waals surface area contributed by atoms with Gasteiger partial charge in [-0.05, 0) is 12.6 Å². The van der Waals surface area contributed by atoms with Gasteiger partial charge in [0.2, 0.25) is 0 Å². The molecule has 1 fully saturated rings. The van der Waals surface area contributed by atoms with Crippen LogP contribution in [0.3, 0.4) is 0 Å². The fraction of sp³-hybridized carbons (Fsp3) is 0.538. The van der Waals surface area contributed by atoms with Gasteiger partial charge in [-0.1, -0.05) is 18.5 Å².